The lowest BCUT2D eigenvalue weighted by molar-refractivity contribution is 0.151. The second-order valence-electron chi connectivity index (χ2n) is 5.48. The van der Waals surface area contributed by atoms with Gasteiger partial charge in [-0.2, -0.15) is 0 Å². The van der Waals surface area contributed by atoms with Gasteiger partial charge < -0.3 is 15.0 Å². The largest absolute Gasteiger partial charge is 0.390 e. The van der Waals surface area contributed by atoms with Crippen LogP contribution in [0.5, 0.6) is 0 Å². The van der Waals surface area contributed by atoms with E-state index in [1.165, 1.54) is 0 Å². The number of imidazole rings is 1. The molecule has 0 unspecified atom stereocenters. The third-order valence-corrected chi connectivity index (χ3v) is 4.29. The van der Waals surface area contributed by atoms with Gasteiger partial charge in [-0.1, -0.05) is 17.7 Å². The third-order valence-electron chi connectivity index (χ3n) is 4.06. The highest BCUT2D eigenvalue weighted by atomic mass is 35.5. The highest BCUT2D eigenvalue weighted by Gasteiger charge is 2.28. The van der Waals surface area contributed by atoms with Gasteiger partial charge >= 0.3 is 0 Å². The molecule has 6 heteroatoms. The third kappa shape index (κ3) is 2.27. The van der Waals surface area contributed by atoms with Crippen molar-refractivity contribution in [2.45, 2.75) is 12.1 Å². The first kappa shape index (κ1) is 13.7. The van der Waals surface area contributed by atoms with Crippen LogP contribution < -0.4 is 5.32 Å². The van der Waals surface area contributed by atoms with Crippen LogP contribution in [0.3, 0.4) is 0 Å². The van der Waals surface area contributed by atoms with Crippen LogP contribution in [0.2, 0.25) is 5.02 Å². The minimum atomic E-state index is -0.410. The minimum Gasteiger partial charge on any atom is -0.390 e. The molecule has 5 nitrogen and oxygen atoms in total. The number of hydrogen-bond donors (Lipinski definition) is 2. The maximum absolute atomic E-state index is 10.1. The van der Waals surface area contributed by atoms with E-state index in [1.807, 2.05) is 41.1 Å². The monoisotopic (exact) mass is 314 g/mol. The van der Waals surface area contributed by atoms with Gasteiger partial charge in [0.05, 0.1) is 17.7 Å². The Labute approximate surface area is 132 Å². The summed E-state index contributed by atoms with van der Waals surface area (Å²) >= 11 is 6.01. The molecule has 3 heterocycles. The van der Waals surface area contributed by atoms with Crippen molar-refractivity contribution in [3.05, 3.63) is 47.7 Å². The summed E-state index contributed by atoms with van der Waals surface area (Å²) < 4.78 is 1.99. The van der Waals surface area contributed by atoms with Gasteiger partial charge in [-0.15, -0.1) is 0 Å². The smallest absolute Gasteiger partial charge is 0.159 e. The van der Waals surface area contributed by atoms with Crippen LogP contribution in [-0.2, 0) is 0 Å². The lowest BCUT2D eigenvalue weighted by atomic mass is 10.2. The van der Waals surface area contributed by atoms with Crippen LogP contribution in [0.15, 0.2) is 42.7 Å². The van der Waals surface area contributed by atoms with Crippen molar-refractivity contribution >= 4 is 22.5 Å². The van der Waals surface area contributed by atoms with E-state index in [-0.39, 0.29) is 6.04 Å². The van der Waals surface area contributed by atoms with Crippen LogP contribution in [0.4, 0.5) is 0 Å². The standard InChI is InChI=1S/C16H15ClN4O/c17-11-2-4-12-10(7-11)1-3-13(20-12)16-19-5-6-21(16)14-8-18-9-15(14)22/h1-7,14-15,18,22H,8-9H2/t14-,15+/m0/s1. The van der Waals surface area contributed by atoms with Crippen LogP contribution in [0, 0.1) is 0 Å². The van der Waals surface area contributed by atoms with Crippen LogP contribution in [-0.4, -0.2) is 38.8 Å². The van der Waals surface area contributed by atoms with Gasteiger partial charge in [0.25, 0.3) is 0 Å². The molecule has 2 aromatic heterocycles. The SMILES string of the molecule is O[C@@H]1CNC[C@@H]1n1ccnc1-c1ccc2cc(Cl)ccc2n1. The van der Waals surface area contributed by atoms with Crippen molar-refractivity contribution in [1.29, 1.82) is 0 Å². The number of rotatable bonds is 2. The lowest BCUT2D eigenvalue weighted by Gasteiger charge is -2.17. The zero-order valence-corrected chi connectivity index (χ0v) is 12.5. The molecule has 1 saturated heterocycles. The molecule has 3 aromatic rings. The van der Waals surface area contributed by atoms with Crippen molar-refractivity contribution in [3.8, 4) is 11.5 Å². The molecule has 2 N–H and O–H groups in total. The number of pyridine rings is 1. The Hall–Kier alpha value is -1.95. The Morgan fingerprint density at radius 2 is 2.14 bits per heavy atom. The predicted octanol–water partition coefficient (Wildman–Crippen LogP) is 2.26. The number of benzene rings is 1. The molecule has 1 fully saturated rings. The fraction of sp³-hybridized carbons (Fsp3) is 0.250. The molecule has 22 heavy (non-hydrogen) atoms. The highest BCUT2D eigenvalue weighted by Crippen LogP contribution is 2.26. The van der Waals surface area contributed by atoms with E-state index in [9.17, 15) is 5.11 Å². The Balaban J connectivity index is 1.79. The van der Waals surface area contributed by atoms with Gasteiger partial charge in [0.1, 0.15) is 5.69 Å². The average Bonchev–Trinajstić information content (AvgIpc) is 3.15. The molecule has 0 radical (unpaired) electrons. The van der Waals surface area contributed by atoms with Crippen molar-refractivity contribution in [1.82, 2.24) is 19.9 Å². The molecular formula is C16H15ClN4O. The number of aliphatic hydroxyl groups excluding tert-OH is 1. The number of aromatic nitrogens is 3. The van der Waals surface area contributed by atoms with Gasteiger partial charge in [-0.05, 0) is 24.3 Å². The van der Waals surface area contributed by atoms with E-state index in [2.05, 4.69) is 15.3 Å². The summed E-state index contributed by atoms with van der Waals surface area (Å²) in [6.07, 6.45) is 3.23. The first-order chi connectivity index (χ1) is 10.7. The number of aliphatic hydroxyl groups is 1. The molecule has 0 saturated carbocycles. The molecule has 1 aliphatic rings. The second-order valence-corrected chi connectivity index (χ2v) is 5.92. The molecule has 0 spiro atoms. The molecule has 1 aromatic carbocycles. The minimum absolute atomic E-state index is 0.0137. The van der Waals surface area contributed by atoms with Crippen molar-refractivity contribution in [2.24, 2.45) is 0 Å². The summed E-state index contributed by atoms with van der Waals surface area (Å²) in [6.45, 7) is 1.33. The van der Waals surface area contributed by atoms with Crippen LogP contribution >= 0.6 is 11.6 Å². The van der Waals surface area contributed by atoms with Crippen molar-refractivity contribution in [2.75, 3.05) is 13.1 Å². The maximum atomic E-state index is 10.1. The topological polar surface area (TPSA) is 63.0 Å². The Bertz CT molecular complexity index is 832. The van der Waals surface area contributed by atoms with Gasteiger partial charge in [0, 0.05) is 35.9 Å². The lowest BCUT2D eigenvalue weighted by Crippen LogP contribution is -2.22. The van der Waals surface area contributed by atoms with E-state index in [0.717, 1.165) is 29.0 Å². The van der Waals surface area contributed by atoms with Crippen molar-refractivity contribution in [3.63, 3.8) is 0 Å². The zero-order chi connectivity index (χ0) is 15.1. The second kappa shape index (κ2) is 5.35. The van der Waals surface area contributed by atoms with Gasteiger partial charge in [-0.3, -0.25) is 0 Å². The molecule has 2 atom stereocenters. The van der Waals surface area contributed by atoms with E-state index >= 15 is 0 Å². The quantitative estimate of drug-likeness (QED) is 0.761. The number of hydrogen-bond acceptors (Lipinski definition) is 4. The number of fused-ring (bicyclic) bond motifs is 1. The Morgan fingerprint density at radius 1 is 1.23 bits per heavy atom. The summed E-state index contributed by atoms with van der Waals surface area (Å²) in [6, 6.07) is 9.54. The van der Waals surface area contributed by atoms with E-state index in [4.69, 9.17) is 11.6 Å². The summed E-state index contributed by atoms with van der Waals surface area (Å²) in [5, 5.41) is 15.0. The summed E-state index contributed by atoms with van der Waals surface area (Å²) in [4.78, 5) is 9.10. The normalized spacial score (nSPS) is 21.5. The van der Waals surface area contributed by atoms with Crippen LogP contribution in [0.25, 0.3) is 22.4 Å². The molecule has 4 rings (SSSR count). The number of halogens is 1. The van der Waals surface area contributed by atoms with Crippen LogP contribution in [0.1, 0.15) is 6.04 Å². The predicted molar refractivity (Wildman–Crippen MR) is 85.9 cm³/mol. The fourth-order valence-corrected chi connectivity index (χ4v) is 3.12. The molecule has 112 valence electrons. The molecule has 0 amide bonds. The van der Waals surface area contributed by atoms with Gasteiger partial charge in [0.15, 0.2) is 5.82 Å². The van der Waals surface area contributed by atoms with E-state index < -0.39 is 6.10 Å². The Kier molecular flexibility index (Phi) is 3.33. The summed E-state index contributed by atoms with van der Waals surface area (Å²) in [7, 11) is 0. The average molecular weight is 315 g/mol. The number of nitrogens with zero attached hydrogens (tertiary/aromatic N) is 3. The van der Waals surface area contributed by atoms with Crippen molar-refractivity contribution < 1.29 is 5.11 Å². The summed E-state index contributed by atoms with van der Waals surface area (Å²) in [5.74, 6) is 0.768. The first-order valence-corrected chi connectivity index (χ1v) is 7.58. The molecular weight excluding hydrogens is 300 g/mol. The van der Waals surface area contributed by atoms with Gasteiger partial charge in [-0.25, -0.2) is 9.97 Å². The van der Waals surface area contributed by atoms with E-state index in [1.54, 1.807) is 6.20 Å². The number of nitrogens with one attached hydrogen (secondary N) is 1. The Morgan fingerprint density at radius 3 is 2.95 bits per heavy atom. The molecule has 0 aliphatic carbocycles. The van der Waals surface area contributed by atoms with E-state index in [0.29, 0.717) is 11.6 Å². The summed E-state index contributed by atoms with van der Waals surface area (Å²) in [5.41, 5.74) is 1.67. The highest BCUT2D eigenvalue weighted by molar-refractivity contribution is 6.31. The first-order valence-electron chi connectivity index (χ1n) is 7.21. The maximum Gasteiger partial charge on any atom is 0.159 e. The fourth-order valence-electron chi connectivity index (χ4n) is 2.93. The number of β-amino-alcohol motifs (C(OH)–C–C–N with tert-alkyl or cyclic N) is 1. The molecule has 1 aliphatic heterocycles. The zero-order valence-electron chi connectivity index (χ0n) is 11.8. The van der Waals surface area contributed by atoms with Gasteiger partial charge in [0.2, 0.25) is 0 Å². The molecule has 0 bridgehead atoms.